The molecule has 8 nitrogen and oxygen atoms in total. The van der Waals surface area contributed by atoms with Gasteiger partial charge in [-0.3, -0.25) is 19.9 Å². The molecule has 34 heavy (non-hydrogen) atoms. The first-order chi connectivity index (χ1) is 16.4. The lowest BCUT2D eigenvalue weighted by atomic mass is 10.0. The third-order valence-corrected chi connectivity index (χ3v) is 7.38. The van der Waals surface area contributed by atoms with E-state index in [1.807, 2.05) is 45.0 Å². The van der Waals surface area contributed by atoms with E-state index in [4.69, 9.17) is 5.73 Å². The van der Waals surface area contributed by atoms with E-state index in [-0.39, 0.29) is 6.03 Å². The Kier molecular flexibility index (Phi) is 9.46. The van der Waals surface area contributed by atoms with Gasteiger partial charge in [0.15, 0.2) is 0 Å². The van der Waals surface area contributed by atoms with Gasteiger partial charge in [0.1, 0.15) is 5.00 Å². The Morgan fingerprint density at radius 2 is 1.62 bits per heavy atom. The molecule has 0 unspecified atom stereocenters. The number of hydrogen-bond donors (Lipinski definition) is 3. The summed E-state index contributed by atoms with van der Waals surface area (Å²) in [5.41, 5.74) is 8.97. The Morgan fingerprint density at radius 3 is 2.26 bits per heavy atom. The average molecular weight is 487 g/mol. The van der Waals surface area contributed by atoms with Crippen LogP contribution in [0.3, 0.4) is 0 Å². The molecule has 1 aromatic carbocycles. The van der Waals surface area contributed by atoms with Gasteiger partial charge in [-0.2, -0.15) is 0 Å². The number of nitrogens with zero attached hydrogens (tertiary/aromatic N) is 3. The van der Waals surface area contributed by atoms with Crippen molar-refractivity contribution in [2.75, 3.05) is 63.5 Å². The molecule has 1 aromatic heterocycles. The van der Waals surface area contributed by atoms with E-state index in [0.717, 1.165) is 74.8 Å². The average Bonchev–Trinajstić information content (AvgIpc) is 3.18. The van der Waals surface area contributed by atoms with Gasteiger partial charge in [0, 0.05) is 62.9 Å². The summed E-state index contributed by atoms with van der Waals surface area (Å²) in [6.45, 7) is 14.2. The van der Waals surface area contributed by atoms with Crippen LogP contribution in [0.4, 0.5) is 15.5 Å². The van der Waals surface area contributed by atoms with Crippen molar-refractivity contribution in [3.8, 4) is 0 Å². The molecule has 2 aromatic rings. The molecule has 3 amide bonds. The molecule has 0 spiro atoms. The van der Waals surface area contributed by atoms with Crippen LogP contribution in [0, 0.1) is 6.92 Å². The molecule has 2 aliphatic heterocycles. The number of nitrogens with two attached hydrogens (primary N) is 1. The number of primary amides is 1. The number of hydrogen-bond acceptors (Lipinski definition) is 6. The van der Waals surface area contributed by atoms with Crippen molar-refractivity contribution >= 4 is 34.0 Å². The minimum atomic E-state index is -0.487. The maximum Gasteiger partial charge on any atom is 0.324 e. The first-order valence-electron chi connectivity index (χ1n) is 12.1. The lowest BCUT2D eigenvalue weighted by molar-refractivity contribution is 0.0999. The number of benzene rings is 1. The maximum atomic E-state index is 12.5. The van der Waals surface area contributed by atoms with Crippen molar-refractivity contribution in [2.24, 2.45) is 5.73 Å². The number of urea groups is 1. The molecule has 0 aliphatic carbocycles. The van der Waals surface area contributed by atoms with Crippen molar-refractivity contribution in [1.29, 1.82) is 0 Å². The number of fused-ring (bicyclic) bond motifs is 1. The summed E-state index contributed by atoms with van der Waals surface area (Å²) in [5.74, 6) is -0.487. The number of carbonyl (C=O) groups is 2. The van der Waals surface area contributed by atoms with Crippen molar-refractivity contribution < 1.29 is 9.59 Å². The van der Waals surface area contributed by atoms with Crippen LogP contribution in [-0.4, -0.2) is 79.5 Å². The summed E-state index contributed by atoms with van der Waals surface area (Å²) in [6.07, 6.45) is 0.772. The van der Waals surface area contributed by atoms with Gasteiger partial charge in [-0.15, -0.1) is 11.3 Å². The quantitative estimate of drug-likeness (QED) is 0.582. The number of likely N-dealkylation sites (N-methyl/N-ethyl adjacent to an activating group) is 1. The van der Waals surface area contributed by atoms with Gasteiger partial charge in [0.05, 0.1) is 5.56 Å². The third kappa shape index (κ3) is 6.79. The first kappa shape index (κ1) is 26.2. The molecule has 186 valence electrons. The Bertz CT molecular complexity index is 967. The number of piperazine rings is 1. The van der Waals surface area contributed by atoms with E-state index in [2.05, 4.69) is 32.4 Å². The van der Waals surface area contributed by atoms with Crippen LogP contribution in [0.15, 0.2) is 24.3 Å². The number of anilines is 2. The number of aryl methyl sites for hydroxylation is 1. The minimum absolute atomic E-state index is 0.373. The molecule has 0 atom stereocenters. The highest BCUT2D eigenvalue weighted by atomic mass is 32.1. The predicted octanol–water partition coefficient (Wildman–Crippen LogP) is 3.43. The second-order valence-electron chi connectivity index (χ2n) is 8.69. The molecule has 1 saturated heterocycles. The smallest absolute Gasteiger partial charge is 0.324 e. The van der Waals surface area contributed by atoms with E-state index in [1.54, 1.807) is 0 Å². The van der Waals surface area contributed by atoms with E-state index in [1.165, 1.54) is 11.3 Å². The zero-order valence-corrected chi connectivity index (χ0v) is 21.6. The Morgan fingerprint density at radius 1 is 0.971 bits per heavy atom. The molecular weight excluding hydrogens is 448 g/mol. The number of carbonyl (C=O) groups excluding carboxylic acids is 2. The van der Waals surface area contributed by atoms with E-state index >= 15 is 0 Å². The normalized spacial score (nSPS) is 16.8. The SMILES string of the molecule is CC.Cc1ccc(NC(=O)Nc2sc3c(c2C(N)=O)CCN(CCN2CCN(C)CC2)C3)cc1. The molecule has 0 bridgehead atoms. The molecule has 1 fully saturated rings. The topological polar surface area (TPSA) is 93.9 Å². The molecule has 4 rings (SSSR count). The standard InChI is InChI=1S/C23H32N6O2S.C2H6/c1-16-3-5-17(6-4-16)25-23(31)26-22-20(21(24)30)18-7-8-29(15-19(18)32-22)14-13-28-11-9-27(2)10-12-28;1-2/h3-6H,7-15H2,1-2H3,(H2,24,30)(H2,25,26,31);1-2H3. The zero-order valence-electron chi connectivity index (χ0n) is 20.8. The lowest BCUT2D eigenvalue weighted by Gasteiger charge is -2.34. The van der Waals surface area contributed by atoms with Crippen molar-refractivity contribution in [3.63, 3.8) is 0 Å². The molecule has 0 radical (unpaired) electrons. The van der Waals surface area contributed by atoms with Crippen molar-refractivity contribution in [1.82, 2.24) is 14.7 Å². The first-order valence-corrected chi connectivity index (χ1v) is 12.9. The number of amides is 3. The van der Waals surface area contributed by atoms with Gasteiger partial charge in [0.25, 0.3) is 5.91 Å². The summed E-state index contributed by atoms with van der Waals surface area (Å²) in [5, 5.41) is 6.20. The van der Waals surface area contributed by atoms with Gasteiger partial charge >= 0.3 is 6.03 Å². The molecule has 4 N–H and O–H groups in total. The second kappa shape index (κ2) is 12.3. The van der Waals surface area contributed by atoms with Crippen molar-refractivity contribution in [2.45, 2.75) is 33.7 Å². The monoisotopic (exact) mass is 486 g/mol. The predicted molar refractivity (Wildman–Crippen MR) is 141 cm³/mol. The Hall–Kier alpha value is -2.46. The summed E-state index contributed by atoms with van der Waals surface area (Å²) in [6, 6.07) is 7.20. The summed E-state index contributed by atoms with van der Waals surface area (Å²) in [7, 11) is 2.17. The highest BCUT2D eigenvalue weighted by Gasteiger charge is 2.28. The van der Waals surface area contributed by atoms with Crippen LogP contribution in [0.1, 0.15) is 40.2 Å². The fourth-order valence-corrected chi connectivity index (χ4v) is 5.54. The van der Waals surface area contributed by atoms with Crippen LogP contribution >= 0.6 is 11.3 Å². The Balaban J connectivity index is 0.00000158. The van der Waals surface area contributed by atoms with Gasteiger partial charge in [-0.1, -0.05) is 31.5 Å². The highest BCUT2D eigenvalue weighted by molar-refractivity contribution is 7.17. The van der Waals surface area contributed by atoms with Crippen LogP contribution in [0.25, 0.3) is 0 Å². The fraction of sp³-hybridized carbons (Fsp3) is 0.520. The second-order valence-corrected chi connectivity index (χ2v) is 9.79. The minimum Gasteiger partial charge on any atom is -0.365 e. The third-order valence-electron chi connectivity index (χ3n) is 6.25. The van der Waals surface area contributed by atoms with Crippen LogP contribution < -0.4 is 16.4 Å². The fourth-order valence-electron chi connectivity index (χ4n) is 4.25. The summed E-state index contributed by atoms with van der Waals surface area (Å²) < 4.78 is 0. The highest BCUT2D eigenvalue weighted by Crippen LogP contribution is 2.37. The molecule has 3 heterocycles. The van der Waals surface area contributed by atoms with Crippen LogP contribution in [-0.2, 0) is 13.0 Å². The summed E-state index contributed by atoms with van der Waals surface area (Å²) >= 11 is 1.46. The van der Waals surface area contributed by atoms with E-state index in [0.29, 0.717) is 16.3 Å². The van der Waals surface area contributed by atoms with Crippen LogP contribution in [0.5, 0.6) is 0 Å². The molecular formula is C25H38N6O2S. The van der Waals surface area contributed by atoms with Gasteiger partial charge in [-0.05, 0) is 38.1 Å². The molecule has 9 heteroatoms. The number of rotatable bonds is 6. The van der Waals surface area contributed by atoms with Gasteiger partial charge in [0.2, 0.25) is 0 Å². The van der Waals surface area contributed by atoms with E-state index in [9.17, 15) is 9.59 Å². The van der Waals surface area contributed by atoms with Crippen molar-refractivity contribution in [3.05, 3.63) is 45.8 Å². The van der Waals surface area contributed by atoms with Gasteiger partial charge < -0.3 is 16.0 Å². The largest absolute Gasteiger partial charge is 0.365 e. The maximum absolute atomic E-state index is 12.5. The number of nitrogens with one attached hydrogen (secondary N) is 2. The summed E-state index contributed by atoms with van der Waals surface area (Å²) in [4.78, 5) is 33.2. The van der Waals surface area contributed by atoms with Gasteiger partial charge in [-0.25, -0.2) is 4.79 Å². The zero-order chi connectivity index (χ0) is 24.7. The van der Waals surface area contributed by atoms with E-state index < -0.39 is 5.91 Å². The molecule has 2 aliphatic rings. The number of thiophene rings is 1. The van der Waals surface area contributed by atoms with Crippen LogP contribution in [0.2, 0.25) is 0 Å². The lowest BCUT2D eigenvalue weighted by Crippen LogP contribution is -2.47. The Labute approximate surface area is 207 Å². The molecule has 0 saturated carbocycles.